The number of benzene rings is 1. The van der Waals surface area contributed by atoms with E-state index in [4.69, 9.17) is 21.9 Å². The molecule has 7 heteroatoms. The highest BCUT2D eigenvalue weighted by molar-refractivity contribution is 7.80. The van der Waals surface area contributed by atoms with Crippen LogP contribution >= 0.6 is 12.2 Å². The van der Waals surface area contributed by atoms with Crippen LogP contribution in [0, 0.1) is 0 Å². The second-order valence-electron chi connectivity index (χ2n) is 7.06. The first kappa shape index (κ1) is 23.8. The second kappa shape index (κ2) is 12.2. The Morgan fingerprint density at radius 2 is 1.93 bits per heavy atom. The molecule has 0 radical (unpaired) electrons. The molecule has 1 aromatic carbocycles. The van der Waals surface area contributed by atoms with Gasteiger partial charge < -0.3 is 20.1 Å². The Balaban J connectivity index is 2.06. The smallest absolute Gasteiger partial charge is 0.333 e. The summed E-state index contributed by atoms with van der Waals surface area (Å²) in [7, 11) is 1.91. The number of anilines is 1. The first-order valence-corrected chi connectivity index (χ1v) is 10.8. The van der Waals surface area contributed by atoms with Crippen molar-refractivity contribution >= 4 is 29.1 Å². The largest absolute Gasteiger partial charge is 0.479 e. The van der Waals surface area contributed by atoms with Crippen molar-refractivity contribution in [2.24, 2.45) is 0 Å². The van der Waals surface area contributed by atoms with Gasteiger partial charge in [0.15, 0.2) is 11.2 Å². The van der Waals surface area contributed by atoms with Crippen molar-refractivity contribution in [3.63, 3.8) is 0 Å². The lowest BCUT2D eigenvalue weighted by Crippen LogP contribution is -2.37. The third-order valence-electron chi connectivity index (χ3n) is 4.75. The van der Waals surface area contributed by atoms with Crippen LogP contribution in [-0.2, 0) is 16.0 Å². The van der Waals surface area contributed by atoms with Gasteiger partial charge in [0.1, 0.15) is 5.82 Å². The quantitative estimate of drug-likeness (QED) is 0.408. The standard InChI is InChI=1S/C23H31N3O3S/c1-4-6-7-15-24-23(30)26(3)21-10-8-9-19(25-21)18-13-11-17(12-14-18)16-20(22(27)28)29-5-2/h8-14,20H,4-7,15-16H2,1-3H3,(H,24,30)(H,27,28). The number of hydrogen-bond acceptors (Lipinski definition) is 4. The highest BCUT2D eigenvalue weighted by Crippen LogP contribution is 2.21. The molecule has 30 heavy (non-hydrogen) atoms. The number of nitrogens with zero attached hydrogens (tertiary/aromatic N) is 2. The molecule has 1 heterocycles. The van der Waals surface area contributed by atoms with Gasteiger partial charge in [-0.1, -0.05) is 50.1 Å². The van der Waals surface area contributed by atoms with Crippen LogP contribution in [0.3, 0.4) is 0 Å². The van der Waals surface area contributed by atoms with Gasteiger partial charge in [-0.15, -0.1) is 0 Å². The predicted molar refractivity (Wildman–Crippen MR) is 125 cm³/mol. The van der Waals surface area contributed by atoms with Crippen LogP contribution in [0.15, 0.2) is 42.5 Å². The first-order valence-electron chi connectivity index (χ1n) is 10.4. The van der Waals surface area contributed by atoms with E-state index in [0.29, 0.717) is 18.1 Å². The number of pyridine rings is 1. The predicted octanol–water partition coefficient (Wildman–Crippen LogP) is 4.28. The number of hydrogen-bond donors (Lipinski definition) is 2. The van der Waals surface area contributed by atoms with Crippen molar-refractivity contribution in [1.82, 2.24) is 10.3 Å². The topological polar surface area (TPSA) is 74.7 Å². The van der Waals surface area contributed by atoms with Gasteiger partial charge in [0, 0.05) is 32.2 Å². The summed E-state index contributed by atoms with van der Waals surface area (Å²) in [4.78, 5) is 17.9. The van der Waals surface area contributed by atoms with Gasteiger partial charge in [0.2, 0.25) is 0 Å². The summed E-state index contributed by atoms with van der Waals surface area (Å²) in [5, 5.41) is 13.2. The number of aromatic nitrogens is 1. The lowest BCUT2D eigenvalue weighted by molar-refractivity contribution is -0.149. The molecule has 0 saturated heterocycles. The van der Waals surface area contributed by atoms with E-state index in [1.165, 1.54) is 12.8 Å². The average molecular weight is 430 g/mol. The number of unbranched alkanes of at least 4 members (excludes halogenated alkanes) is 2. The Morgan fingerprint density at radius 1 is 1.20 bits per heavy atom. The van der Waals surface area contributed by atoms with Crippen LogP contribution in [0.5, 0.6) is 0 Å². The summed E-state index contributed by atoms with van der Waals surface area (Å²) < 4.78 is 5.29. The minimum atomic E-state index is -0.947. The molecule has 0 bridgehead atoms. The molecule has 2 aromatic rings. The monoisotopic (exact) mass is 429 g/mol. The Kier molecular flexibility index (Phi) is 9.70. The number of rotatable bonds is 11. The fourth-order valence-electron chi connectivity index (χ4n) is 3.01. The maximum Gasteiger partial charge on any atom is 0.333 e. The molecule has 0 amide bonds. The van der Waals surface area contributed by atoms with E-state index in [2.05, 4.69) is 12.2 Å². The molecular formula is C23H31N3O3S. The normalized spacial score (nSPS) is 11.7. The lowest BCUT2D eigenvalue weighted by atomic mass is 10.0. The van der Waals surface area contributed by atoms with Crippen LogP contribution in [-0.4, -0.2) is 47.5 Å². The van der Waals surface area contributed by atoms with E-state index in [1.807, 2.05) is 54.4 Å². The van der Waals surface area contributed by atoms with Crippen molar-refractivity contribution in [2.75, 3.05) is 25.1 Å². The number of carboxylic acid groups (broad SMARTS) is 1. The van der Waals surface area contributed by atoms with E-state index in [-0.39, 0.29) is 0 Å². The van der Waals surface area contributed by atoms with Crippen molar-refractivity contribution < 1.29 is 14.6 Å². The fraction of sp³-hybridized carbons (Fsp3) is 0.435. The van der Waals surface area contributed by atoms with Gasteiger partial charge in [-0.3, -0.25) is 0 Å². The summed E-state index contributed by atoms with van der Waals surface area (Å²) in [6.07, 6.45) is 2.95. The third-order valence-corrected chi connectivity index (χ3v) is 5.17. The number of carboxylic acids is 1. The minimum Gasteiger partial charge on any atom is -0.479 e. The summed E-state index contributed by atoms with van der Waals surface area (Å²) >= 11 is 5.48. The number of carbonyl (C=O) groups is 1. The van der Waals surface area contributed by atoms with Gasteiger partial charge in [-0.25, -0.2) is 9.78 Å². The zero-order chi connectivity index (χ0) is 21.9. The number of nitrogens with one attached hydrogen (secondary N) is 1. The molecular weight excluding hydrogens is 398 g/mol. The Morgan fingerprint density at radius 3 is 2.57 bits per heavy atom. The zero-order valence-corrected chi connectivity index (χ0v) is 18.7. The van der Waals surface area contributed by atoms with E-state index in [1.54, 1.807) is 6.92 Å². The molecule has 1 unspecified atom stereocenters. The van der Waals surface area contributed by atoms with Crippen molar-refractivity contribution in [3.05, 3.63) is 48.0 Å². The molecule has 162 valence electrons. The van der Waals surface area contributed by atoms with Crippen LogP contribution in [0.25, 0.3) is 11.3 Å². The van der Waals surface area contributed by atoms with Gasteiger partial charge in [-0.2, -0.15) is 0 Å². The van der Waals surface area contributed by atoms with Gasteiger partial charge >= 0.3 is 5.97 Å². The molecule has 0 aliphatic rings. The highest BCUT2D eigenvalue weighted by atomic mass is 32.1. The van der Waals surface area contributed by atoms with Crippen LogP contribution in [0.4, 0.5) is 5.82 Å². The van der Waals surface area contributed by atoms with E-state index < -0.39 is 12.1 Å². The molecule has 2 N–H and O–H groups in total. The second-order valence-corrected chi connectivity index (χ2v) is 7.45. The SMILES string of the molecule is CCCCCNC(=S)N(C)c1cccc(-c2ccc(CC(OCC)C(=O)O)cc2)n1. The minimum absolute atomic E-state index is 0.331. The van der Waals surface area contributed by atoms with Crippen molar-refractivity contribution in [3.8, 4) is 11.3 Å². The molecule has 0 saturated carbocycles. The van der Waals surface area contributed by atoms with Crippen molar-refractivity contribution in [1.29, 1.82) is 0 Å². The van der Waals surface area contributed by atoms with E-state index >= 15 is 0 Å². The molecule has 0 aliphatic carbocycles. The zero-order valence-electron chi connectivity index (χ0n) is 17.9. The Bertz CT molecular complexity index is 827. The maximum absolute atomic E-state index is 11.3. The summed E-state index contributed by atoms with van der Waals surface area (Å²) in [6.45, 7) is 5.20. The van der Waals surface area contributed by atoms with Crippen LogP contribution in [0.2, 0.25) is 0 Å². The summed E-state index contributed by atoms with van der Waals surface area (Å²) in [6, 6.07) is 13.6. The molecule has 0 fully saturated rings. The number of aliphatic carboxylic acids is 1. The Hall–Kier alpha value is -2.51. The number of thiocarbonyl (C=S) groups is 1. The van der Waals surface area contributed by atoms with Crippen LogP contribution < -0.4 is 10.2 Å². The molecule has 2 rings (SSSR count). The first-order chi connectivity index (χ1) is 14.5. The highest BCUT2D eigenvalue weighted by Gasteiger charge is 2.18. The van der Waals surface area contributed by atoms with Gasteiger partial charge in [0.05, 0.1) is 5.69 Å². The Labute approximate surface area is 184 Å². The molecule has 0 aliphatic heterocycles. The molecule has 1 atom stereocenters. The molecule has 1 aromatic heterocycles. The van der Waals surface area contributed by atoms with Crippen molar-refractivity contribution in [2.45, 2.75) is 45.6 Å². The fourth-order valence-corrected chi connectivity index (χ4v) is 3.20. The summed E-state index contributed by atoms with van der Waals surface area (Å²) in [5.41, 5.74) is 2.70. The molecule has 6 nitrogen and oxygen atoms in total. The molecule has 0 spiro atoms. The number of ether oxygens (including phenoxy) is 1. The third kappa shape index (κ3) is 7.07. The van der Waals surface area contributed by atoms with E-state index in [0.717, 1.165) is 35.6 Å². The average Bonchev–Trinajstić information content (AvgIpc) is 2.76. The van der Waals surface area contributed by atoms with Gasteiger partial charge in [0.25, 0.3) is 0 Å². The maximum atomic E-state index is 11.3. The summed E-state index contributed by atoms with van der Waals surface area (Å²) in [5.74, 6) is -0.176. The van der Waals surface area contributed by atoms with Crippen LogP contribution in [0.1, 0.15) is 38.7 Å². The van der Waals surface area contributed by atoms with Gasteiger partial charge in [-0.05, 0) is 43.3 Å². The van der Waals surface area contributed by atoms with E-state index in [9.17, 15) is 9.90 Å². The lowest BCUT2D eigenvalue weighted by Gasteiger charge is -2.20.